The van der Waals surface area contributed by atoms with E-state index in [4.69, 9.17) is 4.74 Å². The van der Waals surface area contributed by atoms with Gasteiger partial charge in [0.25, 0.3) is 0 Å². The minimum absolute atomic E-state index is 0.0218. The Balaban J connectivity index is 1.32. The Morgan fingerprint density at radius 1 is 0.797 bits per heavy atom. The van der Waals surface area contributed by atoms with E-state index >= 15 is 0 Å². The third-order valence-electron chi connectivity index (χ3n) is 11.7. The highest BCUT2D eigenvalue weighted by atomic mass is 16.5. The molecular weight excluding hydrogens is 813 g/mol. The minimum Gasteiger partial charge on any atom is -0.383 e. The maximum atomic E-state index is 14.9. The molecule has 5 N–H and O–H groups in total. The van der Waals surface area contributed by atoms with Gasteiger partial charge in [0, 0.05) is 64.0 Å². The molecule has 2 aliphatic heterocycles. The number of nitrogens with zero attached hydrogens (tertiary/aromatic N) is 1. The van der Waals surface area contributed by atoms with Gasteiger partial charge in [-0.1, -0.05) is 103 Å². The fraction of sp³-hybridized carbons (Fsp3) is 0.340. The molecule has 2 heterocycles. The number of ketones is 1. The molecule has 6 amide bonds. The zero-order chi connectivity index (χ0) is 45.5. The number of carbonyl (C=O) groups is 7. The lowest BCUT2D eigenvalue weighted by atomic mass is 9.74. The largest absolute Gasteiger partial charge is 0.383 e. The average molecular weight is 869 g/mol. The van der Waals surface area contributed by atoms with E-state index < -0.39 is 47.0 Å². The molecule has 64 heavy (non-hydrogen) atoms. The molecule has 0 saturated carbocycles. The molecule has 0 aliphatic carbocycles. The zero-order valence-electron chi connectivity index (χ0n) is 36.3. The number of fused-ring (bicyclic) bond motifs is 3. The van der Waals surface area contributed by atoms with E-state index in [-0.39, 0.29) is 63.7 Å². The number of hydrogen-bond donors (Lipinski definition) is 5. The summed E-state index contributed by atoms with van der Waals surface area (Å²) in [6, 6.07) is 29.6. The highest BCUT2D eigenvalue weighted by Crippen LogP contribution is 2.35. The SMILES string of the molecule is COCCNC(=O)[C@@H]1CCNC(=O)/C=C/C(=O)N2CCC[C@](Cc3ccccc3)(C2)C(=O)N[C@@H](Cc2ccc(-c3ccc(C(C)=O)cc3)cc2)C(=O)NCc2ccccc2CC(=O)N1. The summed E-state index contributed by atoms with van der Waals surface area (Å²) in [6.07, 6.45) is 3.65. The van der Waals surface area contributed by atoms with Crippen LogP contribution in [0.3, 0.4) is 0 Å². The van der Waals surface area contributed by atoms with Gasteiger partial charge in [0.05, 0.1) is 18.4 Å². The van der Waals surface area contributed by atoms with Crippen molar-refractivity contribution >= 4 is 41.2 Å². The maximum Gasteiger partial charge on any atom is 0.246 e. The first-order valence-corrected chi connectivity index (χ1v) is 21.6. The van der Waals surface area contributed by atoms with Crippen LogP contribution in [0.5, 0.6) is 0 Å². The van der Waals surface area contributed by atoms with E-state index in [0.717, 1.165) is 28.3 Å². The van der Waals surface area contributed by atoms with Crippen molar-refractivity contribution in [2.75, 3.05) is 39.9 Å². The van der Waals surface area contributed by atoms with Crippen molar-refractivity contribution in [3.8, 4) is 11.1 Å². The van der Waals surface area contributed by atoms with Crippen molar-refractivity contribution in [2.45, 2.75) is 64.1 Å². The van der Waals surface area contributed by atoms with Crippen molar-refractivity contribution in [1.82, 2.24) is 31.5 Å². The Labute approximate surface area is 373 Å². The van der Waals surface area contributed by atoms with Crippen LogP contribution in [0.25, 0.3) is 11.1 Å². The molecule has 4 aromatic rings. The van der Waals surface area contributed by atoms with Crippen LogP contribution >= 0.6 is 0 Å². The third kappa shape index (κ3) is 12.8. The van der Waals surface area contributed by atoms with Gasteiger partial charge in [0.2, 0.25) is 35.4 Å². The van der Waals surface area contributed by atoms with Crippen molar-refractivity contribution in [3.05, 3.63) is 143 Å². The van der Waals surface area contributed by atoms with Crippen molar-refractivity contribution in [2.24, 2.45) is 5.41 Å². The Morgan fingerprint density at radius 3 is 2.19 bits per heavy atom. The van der Waals surface area contributed by atoms with E-state index in [1.165, 1.54) is 20.1 Å². The first-order chi connectivity index (χ1) is 30.9. The molecule has 0 aromatic heterocycles. The van der Waals surface area contributed by atoms with E-state index in [1.54, 1.807) is 41.3 Å². The number of benzene rings is 4. The fourth-order valence-electron chi connectivity index (χ4n) is 8.15. The predicted octanol–water partition coefficient (Wildman–Crippen LogP) is 3.62. The summed E-state index contributed by atoms with van der Waals surface area (Å²) in [6.45, 7) is 2.48. The summed E-state index contributed by atoms with van der Waals surface area (Å²) in [5.74, 6) is -2.75. The molecule has 2 bridgehead atoms. The standard InChI is InChI=1S/C50H56N6O8/c1-34(57)37-17-19-39(20-18-37)38-15-13-35(14-16-38)29-43-48(62)53-32-41-12-7-6-11-40(41)30-45(59)54-42(47(61)52-26-28-64-2)23-25-51-44(58)21-22-46(60)56-27-8-24-50(33-56,49(63)55-43)31-36-9-4-3-5-10-36/h3-7,9-22,42-43H,8,23-33H2,1-2H3,(H,51,58)(H,52,61)(H,53,62)(H,54,59)(H,55,63)/b22-21+/t42-,43-,50-/m0/s1. The lowest BCUT2D eigenvalue weighted by molar-refractivity contribution is -0.141. The van der Waals surface area contributed by atoms with Crippen LogP contribution in [0, 0.1) is 5.41 Å². The second-order valence-corrected chi connectivity index (χ2v) is 16.3. The molecule has 3 atom stereocenters. The van der Waals surface area contributed by atoms with Crippen molar-refractivity contribution in [1.29, 1.82) is 0 Å². The van der Waals surface area contributed by atoms with E-state index in [9.17, 15) is 33.6 Å². The smallest absolute Gasteiger partial charge is 0.246 e. The number of Topliss-reactive ketones (excluding diaryl/α,β-unsaturated/α-hetero) is 1. The summed E-state index contributed by atoms with van der Waals surface area (Å²) < 4.78 is 5.05. The molecule has 1 saturated heterocycles. The Bertz CT molecular complexity index is 2330. The van der Waals surface area contributed by atoms with Crippen LogP contribution < -0.4 is 26.6 Å². The minimum atomic E-state index is -1.12. The van der Waals surface area contributed by atoms with Gasteiger partial charge in [0.1, 0.15) is 12.1 Å². The molecule has 2 aliphatic rings. The summed E-state index contributed by atoms with van der Waals surface area (Å²) in [5.41, 5.74) is 4.29. The average Bonchev–Trinajstić information content (AvgIpc) is 3.30. The second-order valence-electron chi connectivity index (χ2n) is 16.3. The number of methoxy groups -OCH3 is 1. The quantitative estimate of drug-likeness (QED) is 0.118. The van der Waals surface area contributed by atoms with E-state index in [0.29, 0.717) is 42.5 Å². The van der Waals surface area contributed by atoms with Crippen molar-refractivity contribution < 1.29 is 38.3 Å². The summed E-state index contributed by atoms with van der Waals surface area (Å²) in [7, 11) is 1.51. The highest BCUT2D eigenvalue weighted by Gasteiger charge is 2.44. The van der Waals surface area contributed by atoms with Gasteiger partial charge in [-0.15, -0.1) is 0 Å². The molecule has 0 spiro atoms. The van der Waals surface area contributed by atoms with Gasteiger partial charge < -0.3 is 36.2 Å². The first kappa shape index (κ1) is 46.6. The van der Waals surface area contributed by atoms with Gasteiger partial charge in [-0.2, -0.15) is 0 Å². The lowest BCUT2D eigenvalue weighted by Gasteiger charge is -2.42. The molecule has 4 aromatic carbocycles. The number of hydrogen-bond acceptors (Lipinski definition) is 8. The van der Waals surface area contributed by atoms with E-state index in [2.05, 4.69) is 26.6 Å². The van der Waals surface area contributed by atoms with Crippen LogP contribution in [0.4, 0.5) is 0 Å². The normalized spacial score (nSPS) is 20.8. The zero-order valence-corrected chi connectivity index (χ0v) is 36.3. The second kappa shape index (κ2) is 22.4. The van der Waals surface area contributed by atoms with Crippen LogP contribution in [-0.4, -0.2) is 98.1 Å². The number of ether oxygens (including phenoxy) is 1. The Kier molecular flexibility index (Phi) is 16.3. The van der Waals surface area contributed by atoms with Gasteiger partial charge in [-0.3, -0.25) is 33.6 Å². The van der Waals surface area contributed by atoms with E-state index in [1.807, 2.05) is 66.7 Å². The fourth-order valence-corrected chi connectivity index (χ4v) is 8.15. The topological polar surface area (TPSA) is 192 Å². The summed E-state index contributed by atoms with van der Waals surface area (Å²) >= 11 is 0. The first-order valence-electron chi connectivity index (χ1n) is 21.6. The number of carbonyl (C=O) groups excluding carboxylic acids is 7. The Hall–Kier alpha value is -6.93. The van der Waals surface area contributed by atoms with Gasteiger partial charge >= 0.3 is 0 Å². The number of amides is 6. The van der Waals surface area contributed by atoms with Crippen molar-refractivity contribution in [3.63, 3.8) is 0 Å². The maximum absolute atomic E-state index is 14.9. The lowest BCUT2D eigenvalue weighted by Crippen LogP contribution is -2.58. The molecule has 0 unspecified atom stereocenters. The summed E-state index contributed by atoms with van der Waals surface area (Å²) in [4.78, 5) is 96.0. The predicted molar refractivity (Wildman–Crippen MR) is 241 cm³/mol. The monoisotopic (exact) mass is 868 g/mol. The van der Waals surface area contributed by atoms with Gasteiger partial charge in [-0.25, -0.2) is 0 Å². The van der Waals surface area contributed by atoms with Crippen LogP contribution in [-0.2, 0) is 59.3 Å². The van der Waals surface area contributed by atoms with Gasteiger partial charge in [0.15, 0.2) is 5.78 Å². The number of nitrogens with one attached hydrogen (secondary N) is 5. The molecule has 6 rings (SSSR count). The number of rotatable bonds is 10. The van der Waals surface area contributed by atoms with Gasteiger partial charge in [-0.05, 0) is 66.0 Å². The third-order valence-corrected chi connectivity index (χ3v) is 11.7. The van der Waals surface area contributed by atoms with Crippen LogP contribution in [0.1, 0.15) is 58.8 Å². The molecular formula is C50H56N6O8. The summed E-state index contributed by atoms with van der Waals surface area (Å²) in [5, 5.41) is 14.4. The molecule has 0 radical (unpaired) electrons. The molecule has 334 valence electrons. The number of piperidine rings is 1. The molecule has 14 nitrogen and oxygen atoms in total. The molecule has 1 fully saturated rings. The highest BCUT2D eigenvalue weighted by molar-refractivity contribution is 5.98. The van der Waals surface area contributed by atoms with Crippen LogP contribution in [0.15, 0.2) is 115 Å². The van der Waals surface area contributed by atoms with Crippen LogP contribution in [0.2, 0.25) is 0 Å². The Morgan fingerprint density at radius 2 is 1.48 bits per heavy atom. The molecule has 14 heteroatoms.